The second kappa shape index (κ2) is 4.02. The fraction of sp³-hybridized carbons (Fsp3) is 0.273. The smallest absolute Gasteiger partial charge is 0.264 e. The molecule has 2 aromatic rings. The van der Waals surface area contributed by atoms with Gasteiger partial charge in [-0.1, -0.05) is 6.07 Å². The molecule has 0 radical (unpaired) electrons. The second-order valence-corrected chi connectivity index (χ2v) is 3.69. The molecule has 1 heterocycles. The summed E-state index contributed by atoms with van der Waals surface area (Å²) in [5.41, 5.74) is -0.143. The summed E-state index contributed by atoms with van der Waals surface area (Å²) in [5.74, 6) is -0.588. The molecule has 84 valence electrons. The Morgan fingerprint density at radius 1 is 1.56 bits per heavy atom. The summed E-state index contributed by atoms with van der Waals surface area (Å²) in [5, 5.41) is 9.15. The normalized spacial score (nSPS) is 12.9. The van der Waals surface area contributed by atoms with Crippen molar-refractivity contribution in [3.8, 4) is 0 Å². The molecule has 4 nitrogen and oxygen atoms in total. The first-order valence-electron chi connectivity index (χ1n) is 4.91. The van der Waals surface area contributed by atoms with Gasteiger partial charge in [-0.15, -0.1) is 0 Å². The zero-order valence-corrected chi connectivity index (χ0v) is 8.72. The highest BCUT2D eigenvalue weighted by atomic mass is 19.1. The van der Waals surface area contributed by atoms with E-state index in [0.717, 1.165) is 0 Å². The Hall–Kier alpha value is -1.75. The maximum Gasteiger partial charge on any atom is 0.264 e. The van der Waals surface area contributed by atoms with Crippen molar-refractivity contribution in [1.82, 2.24) is 9.55 Å². The zero-order valence-electron chi connectivity index (χ0n) is 8.72. The number of hydrogen-bond donors (Lipinski definition) is 1. The van der Waals surface area contributed by atoms with E-state index >= 15 is 0 Å². The third kappa shape index (κ3) is 1.81. The van der Waals surface area contributed by atoms with Crippen molar-refractivity contribution in [2.45, 2.75) is 19.6 Å². The number of benzene rings is 1. The Bertz CT molecular complexity index is 578. The molecule has 0 aliphatic heterocycles. The highest BCUT2D eigenvalue weighted by molar-refractivity contribution is 5.77. The zero-order chi connectivity index (χ0) is 11.7. The second-order valence-electron chi connectivity index (χ2n) is 3.69. The minimum atomic E-state index is -0.677. The maximum atomic E-state index is 13.4. The number of aliphatic hydroxyl groups excluding tert-OH is 1. The van der Waals surface area contributed by atoms with E-state index < -0.39 is 17.5 Å². The van der Waals surface area contributed by atoms with Crippen molar-refractivity contribution in [3.63, 3.8) is 0 Å². The molecule has 5 heteroatoms. The van der Waals surface area contributed by atoms with Gasteiger partial charge in [0.05, 0.1) is 24.5 Å². The van der Waals surface area contributed by atoms with Crippen LogP contribution in [0.15, 0.2) is 29.3 Å². The van der Waals surface area contributed by atoms with E-state index in [0.29, 0.717) is 5.52 Å². The molecule has 1 aromatic heterocycles. The van der Waals surface area contributed by atoms with Crippen molar-refractivity contribution in [2.75, 3.05) is 0 Å². The van der Waals surface area contributed by atoms with Gasteiger partial charge in [-0.3, -0.25) is 9.36 Å². The largest absolute Gasteiger partial charge is 0.392 e. The quantitative estimate of drug-likeness (QED) is 0.821. The predicted molar refractivity (Wildman–Crippen MR) is 57.6 cm³/mol. The average molecular weight is 222 g/mol. The Labute approximate surface area is 91.0 Å². The van der Waals surface area contributed by atoms with E-state index in [1.54, 1.807) is 13.0 Å². The molecule has 0 saturated heterocycles. The summed E-state index contributed by atoms with van der Waals surface area (Å²) in [6.07, 6.45) is 0.639. The van der Waals surface area contributed by atoms with Crippen LogP contribution in [0.3, 0.4) is 0 Å². The van der Waals surface area contributed by atoms with Gasteiger partial charge in [0.2, 0.25) is 0 Å². The van der Waals surface area contributed by atoms with Crippen LogP contribution >= 0.6 is 0 Å². The van der Waals surface area contributed by atoms with Crippen LogP contribution in [0, 0.1) is 5.82 Å². The molecule has 1 aromatic carbocycles. The van der Waals surface area contributed by atoms with Crippen LogP contribution in [-0.4, -0.2) is 20.8 Å². The van der Waals surface area contributed by atoms with E-state index in [2.05, 4.69) is 4.98 Å². The van der Waals surface area contributed by atoms with Gasteiger partial charge in [0.15, 0.2) is 0 Å². The number of halogens is 1. The van der Waals surface area contributed by atoms with E-state index in [4.69, 9.17) is 0 Å². The van der Waals surface area contributed by atoms with E-state index in [1.165, 1.54) is 23.0 Å². The molecule has 0 fully saturated rings. The molecule has 1 N–H and O–H groups in total. The van der Waals surface area contributed by atoms with Crippen LogP contribution in [-0.2, 0) is 6.54 Å². The fourth-order valence-corrected chi connectivity index (χ4v) is 1.57. The third-order valence-corrected chi connectivity index (χ3v) is 2.26. The molecular weight excluding hydrogens is 211 g/mol. The minimum Gasteiger partial charge on any atom is -0.392 e. The Balaban J connectivity index is 2.69. The first kappa shape index (κ1) is 10.8. The van der Waals surface area contributed by atoms with Crippen molar-refractivity contribution in [1.29, 1.82) is 0 Å². The average Bonchev–Trinajstić information content (AvgIpc) is 2.22. The van der Waals surface area contributed by atoms with Crippen molar-refractivity contribution < 1.29 is 9.50 Å². The molecule has 0 amide bonds. The van der Waals surface area contributed by atoms with Crippen LogP contribution in [0.4, 0.5) is 4.39 Å². The fourth-order valence-electron chi connectivity index (χ4n) is 1.57. The van der Waals surface area contributed by atoms with Crippen molar-refractivity contribution in [2.24, 2.45) is 0 Å². The highest BCUT2D eigenvalue weighted by Crippen LogP contribution is 2.10. The molecule has 0 unspecified atom stereocenters. The molecule has 1 atom stereocenters. The van der Waals surface area contributed by atoms with Crippen LogP contribution in [0.2, 0.25) is 0 Å². The summed E-state index contributed by atoms with van der Waals surface area (Å²) in [4.78, 5) is 15.8. The molecular formula is C11H11FN2O2. The van der Waals surface area contributed by atoms with Crippen LogP contribution in [0.5, 0.6) is 0 Å². The van der Waals surface area contributed by atoms with Gasteiger partial charge in [0.1, 0.15) is 11.2 Å². The van der Waals surface area contributed by atoms with E-state index in [-0.39, 0.29) is 11.9 Å². The molecule has 2 rings (SSSR count). The van der Waals surface area contributed by atoms with Crippen molar-refractivity contribution >= 4 is 10.9 Å². The summed E-state index contributed by atoms with van der Waals surface area (Å²) in [7, 11) is 0. The SMILES string of the molecule is C[C@H](O)Cn1cnc2cccc(F)c2c1=O. The third-order valence-electron chi connectivity index (χ3n) is 2.26. The van der Waals surface area contributed by atoms with Crippen LogP contribution in [0.25, 0.3) is 10.9 Å². The summed E-state index contributed by atoms with van der Waals surface area (Å²) < 4.78 is 14.7. The van der Waals surface area contributed by atoms with Crippen molar-refractivity contribution in [3.05, 3.63) is 40.7 Å². The van der Waals surface area contributed by atoms with Gasteiger partial charge < -0.3 is 5.11 Å². The first-order chi connectivity index (χ1) is 7.59. The lowest BCUT2D eigenvalue weighted by atomic mass is 10.2. The Kier molecular flexibility index (Phi) is 2.70. The van der Waals surface area contributed by atoms with Crippen LogP contribution in [0.1, 0.15) is 6.92 Å². The number of aliphatic hydroxyl groups is 1. The predicted octanol–water partition coefficient (Wildman–Crippen LogP) is 0.916. The van der Waals surface area contributed by atoms with Gasteiger partial charge >= 0.3 is 0 Å². The number of aromatic nitrogens is 2. The van der Waals surface area contributed by atoms with Gasteiger partial charge in [-0.2, -0.15) is 0 Å². The summed E-state index contributed by atoms with van der Waals surface area (Å²) >= 11 is 0. The first-order valence-corrected chi connectivity index (χ1v) is 4.91. The van der Waals surface area contributed by atoms with E-state index in [9.17, 15) is 14.3 Å². The van der Waals surface area contributed by atoms with Gasteiger partial charge in [-0.25, -0.2) is 9.37 Å². The Morgan fingerprint density at radius 2 is 2.31 bits per heavy atom. The van der Waals surface area contributed by atoms with Gasteiger partial charge in [-0.05, 0) is 19.1 Å². The monoisotopic (exact) mass is 222 g/mol. The lowest BCUT2D eigenvalue weighted by Gasteiger charge is -2.08. The molecule has 0 spiro atoms. The molecule has 0 aliphatic rings. The number of hydrogen-bond acceptors (Lipinski definition) is 3. The number of rotatable bonds is 2. The standard InChI is InChI=1S/C11H11FN2O2/c1-7(15)5-14-6-13-9-4-2-3-8(12)10(9)11(14)16/h2-4,6-7,15H,5H2,1H3/t7-/m0/s1. The van der Waals surface area contributed by atoms with Gasteiger partial charge in [0, 0.05) is 0 Å². The Morgan fingerprint density at radius 3 is 3.00 bits per heavy atom. The summed E-state index contributed by atoms with van der Waals surface area (Å²) in [6, 6.07) is 4.30. The van der Waals surface area contributed by atoms with E-state index in [1.807, 2.05) is 0 Å². The topological polar surface area (TPSA) is 55.1 Å². The number of fused-ring (bicyclic) bond motifs is 1. The lowest BCUT2D eigenvalue weighted by Crippen LogP contribution is -2.26. The van der Waals surface area contributed by atoms with Crippen LogP contribution < -0.4 is 5.56 Å². The lowest BCUT2D eigenvalue weighted by molar-refractivity contribution is 0.172. The minimum absolute atomic E-state index is 0.0364. The maximum absolute atomic E-state index is 13.4. The summed E-state index contributed by atoms with van der Waals surface area (Å²) in [6.45, 7) is 1.66. The number of nitrogens with zero attached hydrogens (tertiary/aromatic N) is 2. The molecule has 0 aliphatic carbocycles. The highest BCUT2D eigenvalue weighted by Gasteiger charge is 2.09. The molecule has 0 saturated carbocycles. The van der Waals surface area contributed by atoms with Gasteiger partial charge in [0.25, 0.3) is 5.56 Å². The molecule has 0 bridgehead atoms. The molecule has 16 heavy (non-hydrogen) atoms.